The highest BCUT2D eigenvalue weighted by molar-refractivity contribution is 5.79. The zero-order valence-corrected chi connectivity index (χ0v) is 20.3. The van der Waals surface area contributed by atoms with Crippen molar-refractivity contribution in [2.24, 2.45) is 32.9 Å². The summed E-state index contributed by atoms with van der Waals surface area (Å²) in [5.41, 5.74) is 21.1. The van der Waals surface area contributed by atoms with Gasteiger partial charge in [0.15, 0.2) is 11.9 Å². The first-order valence-corrected chi connectivity index (χ1v) is 12.1. The number of carbonyl (C=O) groups is 3. The van der Waals surface area contributed by atoms with E-state index < -0.39 is 12.1 Å². The van der Waals surface area contributed by atoms with Crippen LogP contribution in [0, 0.1) is 0 Å². The molecule has 0 aromatic rings. The first kappa shape index (κ1) is 30.9. The summed E-state index contributed by atoms with van der Waals surface area (Å²) in [4.78, 5) is 43.2. The molecule has 0 atom stereocenters. The molecule has 12 heteroatoms. The summed E-state index contributed by atoms with van der Waals surface area (Å²) in [5, 5.41) is 14.4. The maximum absolute atomic E-state index is 12.2. The number of carboxylic acid groups (broad SMARTS) is 1. The average molecular weight is 485 g/mol. The topological polar surface area (TPSA) is 224 Å². The maximum Gasteiger partial charge on any atom is 0.303 e. The molecule has 12 nitrogen and oxygen atoms in total. The Morgan fingerprint density at radius 1 is 0.618 bits per heavy atom. The largest absolute Gasteiger partial charge is 0.481 e. The van der Waals surface area contributed by atoms with E-state index in [4.69, 9.17) is 28.0 Å². The van der Waals surface area contributed by atoms with Gasteiger partial charge in [0.2, 0.25) is 11.8 Å². The fourth-order valence-electron chi connectivity index (χ4n) is 3.25. The first-order chi connectivity index (χ1) is 16.2. The molecule has 0 unspecified atom stereocenters. The van der Waals surface area contributed by atoms with Crippen LogP contribution in [0.4, 0.5) is 0 Å². The van der Waals surface area contributed by atoms with Crippen LogP contribution in [-0.4, -0.2) is 54.1 Å². The first-order valence-electron chi connectivity index (χ1n) is 12.1. The lowest BCUT2D eigenvalue weighted by Gasteiger charge is -2.20. The van der Waals surface area contributed by atoms with Crippen molar-refractivity contribution in [3.8, 4) is 0 Å². The molecular weight excluding hydrogens is 440 g/mol. The third-order valence-electron chi connectivity index (χ3n) is 5.03. The number of hydrogen-bond acceptors (Lipinski definition) is 5. The van der Waals surface area contributed by atoms with Gasteiger partial charge in [-0.2, -0.15) is 0 Å². The Balaban J connectivity index is 4.10. The lowest BCUT2D eigenvalue weighted by Crippen LogP contribution is -2.48. The molecule has 0 saturated heterocycles. The Morgan fingerprint density at radius 3 is 1.38 bits per heavy atom. The molecule has 2 amide bonds. The molecule has 0 spiro atoms. The highest BCUT2D eigenvalue weighted by Gasteiger charge is 2.16. The highest BCUT2D eigenvalue weighted by Crippen LogP contribution is 2.08. The van der Waals surface area contributed by atoms with Crippen molar-refractivity contribution >= 4 is 29.7 Å². The Morgan fingerprint density at radius 2 is 1.00 bits per heavy atom. The van der Waals surface area contributed by atoms with E-state index in [0.29, 0.717) is 25.9 Å². The van der Waals surface area contributed by atoms with Crippen LogP contribution in [0.2, 0.25) is 0 Å². The normalized spacial score (nSPS) is 10.5. The number of carboxylic acids is 1. The van der Waals surface area contributed by atoms with Crippen LogP contribution in [0.1, 0.15) is 89.9 Å². The second-order valence-corrected chi connectivity index (χ2v) is 8.27. The molecule has 0 aliphatic rings. The predicted octanol–water partition coefficient (Wildman–Crippen LogP) is 0.638. The van der Waals surface area contributed by atoms with Gasteiger partial charge in [0, 0.05) is 32.4 Å². The summed E-state index contributed by atoms with van der Waals surface area (Å²) in [6.45, 7) is 1.21. The van der Waals surface area contributed by atoms with E-state index in [1.807, 2.05) is 0 Å². The van der Waals surface area contributed by atoms with Gasteiger partial charge >= 0.3 is 5.97 Å². The van der Waals surface area contributed by atoms with E-state index in [2.05, 4.69) is 20.6 Å². The van der Waals surface area contributed by atoms with Crippen LogP contribution in [0.15, 0.2) is 9.98 Å². The van der Waals surface area contributed by atoms with E-state index in [0.717, 1.165) is 64.2 Å². The molecule has 196 valence electrons. The van der Waals surface area contributed by atoms with Gasteiger partial charge in [-0.15, -0.1) is 0 Å². The van der Waals surface area contributed by atoms with E-state index in [1.165, 1.54) is 0 Å². The van der Waals surface area contributed by atoms with E-state index in [1.54, 1.807) is 0 Å². The molecule has 0 aliphatic heterocycles. The van der Waals surface area contributed by atoms with Gasteiger partial charge in [-0.3, -0.25) is 24.4 Å². The predicted molar refractivity (Wildman–Crippen MR) is 134 cm³/mol. The number of carbonyl (C=O) groups excluding carboxylic acids is 2. The number of nitrogens with one attached hydrogen (secondary N) is 2. The van der Waals surface area contributed by atoms with Gasteiger partial charge in [0.1, 0.15) is 6.17 Å². The third-order valence-corrected chi connectivity index (χ3v) is 5.03. The van der Waals surface area contributed by atoms with Crippen molar-refractivity contribution in [1.82, 2.24) is 10.6 Å². The van der Waals surface area contributed by atoms with Crippen LogP contribution >= 0.6 is 0 Å². The second kappa shape index (κ2) is 20.5. The van der Waals surface area contributed by atoms with Gasteiger partial charge in [-0.05, 0) is 32.1 Å². The summed E-state index contributed by atoms with van der Waals surface area (Å²) in [5.74, 6) is -1.18. The standard InChI is InChI=1S/C22H44N8O4/c23-21(24)27-15-9-5-1-3-7-11-18(31)29-17(13-14-20(33)34)30-19(32)12-8-4-2-6-10-16-28-22(25)26/h17H,1-16H2,(H,29,31)(H,30,32)(H,33,34)(H4,23,24,27)(H4,25,26,28). The number of guanidine groups is 2. The van der Waals surface area contributed by atoms with E-state index in [9.17, 15) is 14.4 Å². The van der Waals surface area contributed by atoms with Gasteiger partial charge in [0.25, 0.3) is 0 Å². The SMILES string of the molecule is NC(N)=NCCCCCCCC(=O)NC(CCC(=O)O)NC(=O)CCCCCCCN=C(N)N. The second-order valence-electron chi connectivity index (χ2n) is 8.27. The number of hydrogen-bond donors (Lipinski definition) is 7. The van der Waals surface area contributed by atoms with Gasteiger partial charge in [-0.25, -0.2) is 0 Å². The molecule has 0 heterocycles. The van der Waals surface area contributed by atoms with Crippen LogP contribution in [0.3, 0.4) is 0 Å². The molecule has 0 aromatic carbocycles. The quantitative estimate of drug-likeness (QED) is 0.0528. The Hall–Kier alpha value is -3.05. The number of nitrogens with two attached hydrogens (primary N) is 4. The van der Waals surface area contributed by atoms with Crippen molar-refractivity contribution in [1.29, 1.82) is 0 Å². The zero-order valence-electron chi connectivity index (χ0n) is 20.3. The third kappa shape index (κ3) is 22.2. The summed E-state index contributed by atoms with van der Waals surface area (Å²) < 4.78 is 0. The van der Waals surface area contributed by atoms with Crippen molar-refractivity contribution in [3.05, 3.63) is 0 Å². The van der Waals surface area contributed by atoms with Gasteiger partial charge in [-0.1, -0.05) is 38.5 Å². The number of aliphatic carboxylic acids is 1. The molecule has 0 rings (SSSR count). The number of nitrogens with zero attached hydrogens (tertiary/aromatic N) is 2. The molecule has 0 bridgehead atoms. The highest BCUT2D eigenvalue weighted by atomic mass is 16.4. The molecule has 0 radical (unpaired) electrons. The fourth-order valence-corrected chi connectivity index (χ4v) is 3.25. The minimum Gasteiger partial charge on any atom is -0.481 e. The fraction of sp³-hybridized carbons (Fsp3) is 0.773. The lowest BCUT2D eigenvalue weighted by molar-refractivity contribution is -0.138. The lowest BCUT2D eigenvalue weighted by atomic mass is 10.1. The summed E-state index contributed by atoms with van der Waals surface area (Å²) in [6.07, 6.45) is 8.89. The summed E-state index contributed by atoms with van der Waals surface area (Å²) in [6, 6.07) is 0. The number of amides is 2. The molecule has 34 heavy (non-hydrogen) atoms. The van der Waals surface area contributed by atoms with Gasteiger partial charge in [0.05, 0.1) is 0 Å². The molecule has 0 saturated carbocycles. The molecular formula is C22H44N8O4. The molecule has 0 aliphatic carbocycles. The Labute approximate surface area is 202 Å². The summed E-state index contributed by atoms with van der Waals surface area (Å²) >= 11 is 0. The van der Waals surface area contributed by atoms with E-state index in [-0.39, 0.29) is 36.6 Å². The zero-order chi connectivity index (χ0) is 25.6. The summed E-state index contributed by atoms with van der Waals surface area (Å²) in [7, 11) is 0. The molecule has 11 N–H and O–H groups in total. The number of aliphatic imine (C=N–C) groups is 2. The van der Waals surface area contributed by atoms with Crippen LogP contribution in [0.25, 0.3) is 0 Å². The molecule has 0 fully saturated rings. The van der Waals surface area contributed by atoms with Crippen molar-refractivity contribution < 1.29 is 19.5 Å². The van der Waals surface area contributed by atoms with Crippen molar-refractivity contribution in [2.75, 3.05) is 13.1 Å². The average Bonchev–Trinajstić information content (AvgIpc) is 2.75. The minimum atomic E-state index is -0.977. The minimum absolute atomic E-state index is 0.0946. The van der Waals surface area contributed by atoms with Crippen LogP contribution < -0.4 is 33.6 Å². The van der Waals surface area contributed by atoms with Crippen molar-refractivity contribution in [3.63, 3.8) is 0 Å². The van der Waals surface area contributed by atoms with Crippen LogP contribution in [-0.2, 0) is 14.4 Å². The van der Waals surface area contributed by atoms with Crippen molar-refractivity contribution in [2.45, 2.75) is 96.1 Å². The smallest absolute Gasteiger partial charge is 0.303 e. The molecule has 0 aromatic heterocycles. The number of unbranched alkanes of at least 4 members (excludes halogenated alkanes) is 8. The Kier molecular flexibility index (Phi) is 18.7. The number of rotatable bonds is 21. The van der Waals surface area contributed by atoms with E-state index >= 15 is 0 Å². The maximum atomic E-state index is 12.2. The Bertz CT molecular complexity index is 601. The van der Waals surface area contributed by atoms with Crippen LogP contribution in [0.5, 0.6) is 0 Å². The monoisotopic (exact) mass is 484 g/mol. The van der Waals surface area contributed by atoms with Gasteiger partial charge < -0.3 is 38.7 Å².